The van der Waals surface area contributed by atoms with Crippen molar-refractivity contribution in [2.75, 3.05) is 25.0 Å². The summed E-state index contributed by atoms with van der Waals surface area (Å²) < 4.78 is 0. The standard InChI is InChI=1S/C28H23Cl2N3O3/c29-20-6-1-17(2-7-20)18-3-10-23-22(15-18)26(35)33-14-13-32(16-24(33)25(34)31-23)27(36)28(11-12-28)19-4-8-21(30)9-5-19/h1-10,15,24H,11-14,16H2,(H,31,34). The number of nitrogens with one attached hydrogen (secondary N) is 1. The summed E-state index contributed by atoms with van der Waals surface area (Å²) in [5.41, 5.74) is 3.10. The summed E-state index contributed by atoms with van der Waals surface area (Å²) in [6, 6.07) is 19.5. The Morgan fingerprint density at radius 3 is 2.17 bits per heavy atom. The van der Waals surface area contributed by atoms with E-state index in [4.69, 9.17) is 23.2 Å². The topological polar surface area (TPSA) is 69.7 Å². The van der Waals surface area contributed by atoms with Crippen molar-refractivity contribution in [3.8, 4) is 11.1 Å². The van der Waals surface area contributed by atoms with E-state index in [2.05, 4.69) is 5.32 Å². The van der Waals surface area contributed by atoms with Gasteiger partial charge in [-0.1, -0.05) is 53.5 Å². The summed E-state index contributed by atoms with van der Waals surface area (Å²) >= 11 is 12.1. The molecule has 0 radical (unpaired) electrons. The second kappa shape index (κ2) is 8.64. The van der Waals surface area contributed by atoms with Gasteiger partial charge in [0.25, 0.3) is 5.91 Å². The number of carbonyl (C=O) groups is 3. The van der Waals surface area contributed by atoms with E-state index in [1.807, 2.05) is 30.3 Å². The van der Waals surface area contributed by atoms with Gasteiger partial charge in [0.1, 0.15) is 6.04 Å². The number of anilines is 1. The molecule has 1 aliphatic carbocycles. The molecule has 3 amide bonds. The van der Waals surface area contributed by atoms with Gasteiger partial charge in [-0.05, 0) is 65.9 Å². The fourth-order valence-electron chi connectivity index (χ4n) is 5.28. The largest absolute Gasteiger partial charge is 0.338 e. The average molecular weight is 520 g/mol. The minimum atomic E-state index is -0.748. The highest BCUT2D eigenvalue weighted by molar-refractivity contribution is 6.30. The monoisotopic (exact) mass is 519 g/mol. The molecule has 3 aromatic rings. The van der Waals surface area contributed by atoms with Gasteiger partial charge in [-0.15, -0.1) is 0 Å². The molecule has 8 heteroatoms. The molecule has 6 nitrogen and oxygen atoms in total. The van der Waals surface area contributed by atoms with Crippen LogP contribution in [0.5, 0.6) is 0 Å². The van der Waals surface area contributed by atoms with Crippen LogP contribution in [0.1, 0.15) is 28.8 Å². The highest BCUT2D eigenvalue weighted by atomic mass is 35.5. The Hall–Kier alpha value is -3.35. The summed E-state index contributed by atoms with van der Waals surface area (Å²) in [4.78, 5) is 43.8. The fourth-order valence-corrected chi connectivity index (χ4v) is 5.53. The van der Waals surface area contributed by atoms with Crippen molar-refractivity contribution < 1.29 is 14.4 Å². The van der Waals surface area contributed by atoms with Gasteiger partial charge < -0.3 is 15.1 Å². The normalized spacial score (nSPS) is 20.2. The first-order chi connectivity index (χ1) is 17.4. The number of piperazine rings is 1. The molecule has 2 aliphatic heterocycles. The lowest BCUT2D eigenvalue weighted by molar-refractivity contribution is -0.138. The third-order valence-electron chi connectivity index (χ3n) is 7.47. The second-order valence-electron chi connectivity index (χ2n) is 9.61. The predicted octanol–water partition coefficient (Wildman–Crippen LogP) is 5.00. The zero-order chi connectivity index (χ0) is 25.0. The lowest BCUT2D eigenvalue weighted by Gasteiger charge is -2.40. The van der Waals surface area contributed by atoms with Crippen molar-refractivity contribution in [2.45, 2.75) is 24.3 Å². The Morgan fingerprint density at radius 2 is 1.50 bits per heavy atom. The minimum absolute atomic E-state index is 0.0107. The molecule has 3 aromatic carbocycles. The van der Waals surface area contributed by atoms with Gasteiger partial charge in [0.15, 0.2) is 0 Å². The molecule has 182 valence electrons. The number of nitrogens with zero attached hydrogens (tertiary/aromatic N) is 2. The summed E-state index contributed by atoms with van der Waals surface area (Å²) in [6.45, 7) is 0.851. The quantitative estimate of drug-likeness (QED) is 0.529. The minimum Gasteiger partial charge on any atom is -0.338 e. The number of fused-ring (bicyclic) bond motifs is 2. The van der Waals surface area contributed by atoms with E-state index in [1.165, 1.54) is 0 Å². The summed E-state index contributed by atoms with van der Waals surface area (Å²) in [6.07, 6.45) is 1.53. The maximum atomic E-state index is 13.6. The molecule has 1 atom stereocenters. The lowest BCUT2D eigenvalue weighted by Crippen LogP contribution is -2.60. The third-order valence-corrected chi connectivity index (χ3v) is 7.98. The molecule has 2 fully saturated rings. The molecule has 1 saturated carbocycles. The number of amides is 3. The summed E-state index contributed by atoms with van der Waals surface area (Å²) in [7, 11) is 0. The molecular weight excluding hydrogens is 497 g/mol. The molecule has 2 heterocycles. The number of rotatable bonds is 3. The Labute approximate surface area is 218 Å². The van der Waals surface area contributed by atoms with Crippen molar-refractivity contribution in [1.29, 1.82) is 0 Å². The van der Waals surface area contributed by atoms with Crippen LogP contribution in [-0.2, 0) is 15.0 Å². The molecule has 1 unspecified atom stereocenters. The van der Waals surface area contributed by atoms with Crippen molar-refractivity contribution in [2.24, 2.45) is 0 Å². The van der Waals surface area contributed by atoms with Gasteiger partial charge in [-0.25, -0.2) is 0 Å². The van der Waals surface area contributed by atoms with Crippen molar-refractivity contribution in [3.05, 3.63) is 87.9 Å². The van der Waals surface area contributed by atoms with Gasteiger partial charge in [-0.3, -0.25) is 14.4 Å². The van der Waals surface area contributed by atoms with Crippen LogP contribution >= 0.6 is 23.2 Å². The van der Waals surface area contributed by atoms with Crippen molar-refractivity contribution in [1.82, 2.24) is 9.80 Å². The molecule has 36 heavy (non-hydrogen) atoms. The number of benzene rings is 3. The zero-order valence-electron chi connectivity index (χ0n) is 19.3. The van der Waals surface area contributed by atoms with Gasteiger partial charge in [0, 0.05) is 23.1 Å². The second-order valence-corrected chi connectivity index (χ2v) is 10.5. The Bertz CT molecular complexity index is 1380. The van der Waals surface area contributed by atoms with Gasteiger partial charge in [0.05, 0.1) is 23.2 Å². The van der Waals surface area contributed by atoms with Gasteiger partial charge in [-0.2, -0.15) is 0 Å². The highest BCUT2D eigenvalue weighted by Gasteiger charge is 2.54. The van der Waals surface area contributed by atoms with E-state index in [0.29, 0.717) is 34.4 Å². The van der Waals surface area contributed by atoms with E-state index >= 15 is 0 Å². The van der Waals surface area contributed by atoms with Crippen LogP contribution in [0.3, 0.4) is 0 Å². The number of halogens is 2. The number of carbonyl (C=O) groups excluding carboxylic acids is 3. The summed E-state index contributed by atoms with van der Waals surface area (Å²) in [5.74, 6) is -0.484. The molecule has 0 spiro atoms. The van der Waals surface area contributed by atoms with Gasteiger partial charge >= 0.3 is 0 Å². The van der Waals surface area contributed by atoms with E-state index < -0.39 is 11.5 Å². The average Bonchev–Trinajstić information content (AvgIpc) is 3.71. The lowest BCUT2D eigenvalue weighted by atomic mass is 9.93. The van der Waals surface area contributed by atoms with E-state index in [-0.39, 0.29) is 24.3 Å². The molecular formula is C28H23Cl2N3O3. The molecule has 3 aliphatic rings. The first-order valence-corrected chi connectivity index (χ1v) is 12.7. The number of hydrogen-bond donors (Lipinski definition) is 1. The molecule has 1 saturated heterocycles. The number of hydrogen-bond acceptors (Lipinski definition) is 3. The van der Waals surface area contributed by atoms with Crippen LogP contribution in [0.2, 0.25) is 10.0 Å². The predicted molar refractivity (Wildman–Crippen MR) is 139 cm³/mol. The van der Waals surface area contributed by atoms with Gasteiger partial charge in [0.2, 0.25) is 11.8 Å². The third kappa shape index (κ3) is 3.85. The first-order valence-electron chi connectivity index (χ1n) is 11.9. The highest BCUT2D eigenvalue weighted by Crippen LogP contribution is 2.50. The SMILES string of the molecule is O=C1Nc2ccc(-c3ccc(Cl)cc3)cc2C(=O)N2CCN(C(=O)C3(c4ccc(Cl)cc4)CC3)CC12. The molecule has 0 bridgehead atoms. The van der Waals surface area contributed by atoms with Crippen LogP contribution < -0.4 is 5.32 Å². The van der Waals surface area contributed by atoms with Crippen LogP contribution in [0.15, 0.2) is 66.7 Å². The zero-order valence-corrected chi connectivity index (χ0v) is 20.9. The Morgan fingerprint density at radius 1 is 0.861 bits per heavy atom. The Balaban J connectivity index is 1.25. The van der Waals surface area contributed by atoms with Crippen LogP contribution in [0.4, 0.5) is 5.69 Å². The Kier molecular flexibility index (Phi) is 5.54. The molecule has 0 aromatic heterocycles. The van der Waals surface area contributed by atoms with Crippen LogP contribution in [0, 0.1) is 0 Å². The maximum Gasteiger partial charge on any atom is 0.256 e. The van der Waals surface area contributed by atoms with Crippen molar-refractivity contribution in [3.63, 3.8) is 0 Å². The summed E-state index contributed by atoms with van der Waals surface area (Å²) in [5, 5.41) is 4.18. The first kappa shape index (κ1) is 23.1. The van der Waals surface area contributed by atoms with E-state index in [0.717, 1.165) is 29.5 Å². The maximum absolute atomic E-state index is 13.6. The fraction of sp³-hybridized carbons (Fsp3) is 0.250. The van der Waals surface area contributed by atoms with Crippen molar-refractivity contribution >= 4 is 46.6 Å². The smallest absolute Gasteiger partial charge is 0.256 e. The van der Waals surface area contributed by atoms with Crippen LogP contribution in [0.25, 0.3) is 11.1 Å². The van der Waals surface area contributed by atoms with E-state index in [9.17, 15) is 14.4 Å². The molecule has 1 N–H and O–H groups in total. The molecule has 6 rings (SSSR count). The van der Waals surface area contributed by atoms with Crippen LogP contribution in [-0.4, -0.2) is 53.2 Å². The van der Waals surface area contributed by atoms with E-state index in [1.54, 1.807) is 46.2 Å².